The van der Waals surface area contributed by atoms with E-state index < -0.39 is 0 Å². The van der Waals surface area contributed by atoms with Crippen LogP contribution in [0, 0.1) is 5.92 Å². The summed E-state index contributed by atoms with van der Waals surface area (Å²) in [7, 11) is 3.21. The molecule has 0 heterocycles. The molecule has 138 valence electrons. The van der Waals surface area contributed by atoms with E-state index in [-0.39, 0.29) is 23.9 Å². The van der Waals surface area contributed by atoms with E-state index in [1.165, 1.54) is 0 Å². The predicted molar refractivity (Wildman–Crippen MR) is 100 cm³/mol. The van der Waals surface area contributed by atoms with Gasteiger partial charge in [0.1, 0.15) is 0 Å². The van der Waals surface area contributed by atoms with Gasteiger partial charge >= 0.3 is 0 Å². The Bertz CT molecular complexity index is 523. The van der Waals surface area contributed by atoms with Crippen LogP contribution >= 0.6 is 12.4 Å². The van der Waals surface area contributed by atoms with Crippen LogP contribution in [-0.4, -0.2) is 32.2 Å². The second-order valence-electron chi connectivity index (χ2n) is 6.60. The van der Waals surface area contributed by atoms with Crippen LogP contribution in [0.1, 0.15) is 39.2 Å². The van der Waals surface area contributed by atoms with E-state index in [2.05, 4.69) is 19.2 Å². The van der Waals surface area contributed by atoms with Crippen LogP contribution in [0.15, 0.2) is 18.2 Å². The van der Waals surface area contributed by atoms with E-state index in [9.17, 15) is 4.79 Å². The van der Waals surface area contributed by atoms with Gasteiger partial charge in [0.25, 0.3) is 0 Å². The van der Waals surface area contributed by atoms with Gasteiger partial charge in [-0.05, 0) is 43.4 Å². The molecule has 0 spiro atoms. The summed E-state index contributed by atoms with van der Waals surface area (Å²) < 4.78 is 10.5. The number of halogens is 1. The lowest BCUT2D eigenvalue weighted by atomic mass is 9.90. The highest BCUT2D eigenvalue weighted by atomic mass is 35.5. The Kier molecular flexibility index (Phi) is 9.78. The van der Waals surface area contributed by atoms with E-state index in [0.29, 0.717) is 36.8 Å². The van der Waals surface area contributed by atoms with E-state index in [1.807, 2.05) is 25.1 Å². The van der Waals surface area contributed by atoms with Crippen molar-refractivity contribution in [3.05, 3.63) is 23.8 Å². The zero-order chi connectivity index (χ0) is 17.5. The van der Waals surface area contributed by atoms with Gasteiger partial charge in [0, 0.05) is 18.5 Å². The van der Waals surface area contributed by atoms with Gasteiger partial charge in [-0.1, -0.05) is 19.9 Å². The molecule has 0 aliphatic carbocycles. The molecule has 6 heteroatoms. The number of methoxy groups -OCH3 is 2. The van der Waals surface area contributed by atoms with Crippen molar-refractivity contribution in [1.29, 1.82) is 0 Å². The number of amides is 1. The maximum absolute atomic E-state index is 12.2. The third-order valence-electron chi connectivity index (χ3n) is 3.84. The van der Waals surface area contributed by atoms with Gasteiger partial charge in [-0.25, -0.2) is 0 Å². The standard InChI is InChI=1S/C18H30N2O3.ClH/c1-13(2)11-18(3,12-19)20-17(21)9-7-14-6-8-15(22-4)16(10-14)23-5;/h6,8,10,13H,7,9,11-12,19H2,1-5H3,(H,20,21);1H. The van der Waals surface area contributed by atoms with E-state index in [0.717, 1.165) is 12.0 Å². The lowest BCUT2D eigenvalue weighted by Gasteiger charge is -2.31. The number of hydrogen-bond acceptors (Lipinski definition) is 4. The smallest absolute Gasteiger partial charge is 0.220 e. The molecule has 0 aromatic heterocycles. The summed E-state index contributed by atoms with van der Waals surface area (Å²) >= 11 is 0. The van der Waals surface area contributed by atoms with Gasteiger partial charge in [-0.2, -0.15) is 0 Å². The van der Waals surface area contributed by atoms with Crippen molar-refractivity contribution in [1.82, 2.24) is 5.32 Å². The van der Waals surface area contributed by atoms with Crippen LogP contribution < -0.4 is 20.5 Å². The Hall–Kier alpha value is -1.46. The van der Waals surface area contributed by atoms with Crippen LogP contribution in [0.2, 0.25) is 0 Å². The van der Waals surface area contributed by atoms with Crippen LogP contribution in [0.5, 0.6) is 11.5 Å². The van der Waals surface area contributed by atoms with Crippen LogP contribution in [-0.2, 0) is 11.2 Å². The van der Waals surface area contributed by atoms with Gasteiger partial charge in [-0.15, -0.1) is 12.4 Å². The average Bonchev–Trinajstić information content (AvgIpc) is 2.51. The van der Waals surface area contributed by atoms with Gasteiger partial charge in [0.15, 0.2) is 11.5 Å². The number of nitrogens with one attached hydrogen (secondary N) is 1. The Balaban J connectivity index is 0.00000529. The largest absolute Gasteiger partial charge is 0.493 e. The monoisotopic (exact) mass is 358 g/mol. The number of rotatable bonds is 9. The van der Waals surface area contributed by atoms with Gasteiger partial charge in [0.05, 0.1) is 14.2 Å². The molecular formula is C18H31ClN2O3. The van der Waals surface area contributed by atoms with Gasteiger partial charge < -0.3 is 20.5 Å². The van der Waals surface area contributed by atoms with Crippen molar-refractivity contribution in [3.63, 3.8) is 0 Å². The Morgan fingerprint density at radius 2 is 1.88 bits per heavy atom. The number of aryl methyl sites for hydroxylation is 1. The van der Waals surface area contributed by atoms with Crippen molar-refractivity contribution in [2.24, 2.45) is 11.7 Å². The molecule has 1 aromatic rings. The molecule has 24 heavy (non-hydrogen) atoms. The number of hydrogen-bond donors (Lipinski definition) is 2. The second-order valence-corrected chi connectivity index (χ2v) is 6.60. The topological polar surface area (TPSA) is 73.6 Å². The summed E-state index contributed by atoms with van der Waals surface area (Å²) in [4.78, 5) is 12.2. The molecule has 1 unspecified atom stereocenters. The van der Waals surface area contributed by atoms with Crippen molar-refractivity contribution in [2.45, 2.75) is 45.6 Å². The predicted octanol–water partition coefficient (Wildman–Crippen LogP) is 2.94. The molecule has 0 fully saturated rings. The highest BCUT2D eigenvalue weighted by Crippen LogP contribution is 2.28. The molecule has 0 aliphatic heterocycles. The fraction of sp³-hybridized carbons (Fsp3) is 0.611. The third-order valence-corrected chi connectivity index (χ3v) is 3.84. The molecule has 3 N–H and O–H groups in total. The van der Waals surface area contributed by atoms with Gasteiger partial charge in [-0.3, -0.25) is 4.79 Å². The molecular weight excluding hydrogens is 328 g/mol. The first-order chi connectivity index (χ1) is 10.8. The van der Waals surface area contributed by atoms with Crippen molar-refractivity contribution in [3.8, 4) is 11.5 Å². The molecule has 0 radical (unpaired) electrons. The Morgan fingerprint density at radius 1 is 1.25 bits per heavy atom. The third kappa shape index (κ3) is 6.97. The lowest BCUT2D eigenvalue weighted by Crippen LogP contribution is -2.52. The van der Waals surface area contributed by atoms with Crippen molar-refractivity contribution in [2.75, 3.05) is 20.8 Å². The Morgan fingerprint density at radius 3 is 2.38 bits per heavy atom. The van der Waals surface area contributed by atoms with Crippen LogP contribution in [0.25, 0.3) is 0 Å². The Labute approximate surface area is 151 Å². The highest BCUT2D eigenvalue weighted by molar-refractivity contribution is 5.85. The fourth-order valence-electron chi connectivity index (χ4n) is 2.78. The molecule has 1 aromatic carbocycles. The highest BCUT2D eigenvalue weighted by Gasteiger charge is 2.25. The summed E-state index contributed by atoms with van der Waals surface area (Å²) in [5.74, 6) is 1.87. The van der Waals surface area contributed by atoms with E-state index in [1.54, 1.807) is 14.2 Å². The first kappa shape index (κ1) is 22.5. The summed E-state index contributed by atoms with van der Waals surface area (Å²) in [6.45, 7) is 6.70. The molecule has 0 bridgehead atoms. The number of carbonyl (C=O) groups excluding carboxylic acids is 1. The lowest BCUT2D eigenvalue weighted by molar-refractivity contribution is -0.122. The van der Waals surface area contributed by atoms with Crippen LogP contribution in [0.4, 0.5) is 0 Å². The zero-order valence-electron chi connectivity index (χ0n) is 15.3. The number of ether oxygens (including phenoxy) is 2. The molecule has 0 saturated carbocycles. The fourth-order valence-corrected chi connectivity index (χ4v) is 2.78. The minimum Gasteiger partial charge on any atom is -0.493 e. The van der Waals surface area contributed by atoms with Crippen LogP contribution in [0.3, 0.4) is 0 Å². The van der Waals surface area contributed by atoms with E-state index in [4.69, 9.17) is 15.2 Å². The zero-order valence-corrected chi connectivity index (χ0v) is 16.2. The van der Waals surface area contributed by atoms with Crippen molar-refractivity contribution < 1.29 is 14.3 Å². The SMILES string of the molecule is COc1ccc(CCC(=O)NC(C)(CN)CC(C)C)cc1OC.Cl. The molecule has 1 atom stereocenters. The van der Waals surface area contributed by atoms with Gasteiger partial charge in [0.2, 0.25) is 5.91 Å². The molecule has 1 amide bonds. The minimum atomic E-state index is -0.344. The summed E-state index contributed by atoms with van der Waals surface area (Å²) in [5.41, 5.74) is 6.53. The quantitative estimate of drug-likeness (QED) is 0.711. The molecule has 1 rings (SSSR count). The molecule has 5 nitrogen and oxygen atoms in total. The number of benzene rings is 1. The summed E-state index contributed by atoms with van der Waals surface area (Å²) in [6.07, 6.45) is 1.93. The molecule has 0 saturated heterocycles. The molecule has 0 aliphatic rings. The number of nitrogens with two attached hydrogens (primary N) is 1. The maximum Gasteiger partial charge on any atom is 0.220 e. The second kappa shape index (κ2) is 10.4. The number of carbonyl (C=O) groups is 1. The maximum atomic E-state index is 12.2. The average molecular weight is 359 g/mol. The van der Waals surface area contributed by atoms with E-state index >= 15 is 0 Å². The summed E-state index contributed by atoms with van der Waals surface area (Å²) in [5, 5.41) is 3.08. The minimum absolute atomic E-state index is 0. The summed E-state index contributed by atoms with van der Waals surface area (Å²) in [6, 6.07) is 5.71. The van der Waals surface area contributed by atoms with Crippen molar-refractivity contribution >= 4 is 18.3 Å². The normalized spacial score (nSPS) is 13.0. The first-order valence-electron chi connectivity index (χ1n) is 8.05. The first-order valence-corrected chi connectivity index (χ1v) is 8.05.